The monoisotopic (exact) mass is 483 g/mol. The number of nitrogens with zero attached hydrogens (tertiary/aromatic N) is 2. The van der Waals surface area contributed by atoms with Crippen molar-refractivity contribution in [2.45, 2.75) is 31.5 Å². The van der Waals surface area contributed by atoms with Crippen LogP contribution in [0.25, 0.3) is 10.8 Å². The minimum Gasteiger partial charge on any atom is -0.493 e. The molecule has 7 nitrogen and oxygen atoms in total. The van der Waals surface area contributed by atoms with E-state index < -0.39 is 11.9 Å². The van der Waals surface area contributed by atoms with Crippen molar-refractivity contribution in [1.82, 2.24) is 9.47 Å². The molecule has 1 aliphatic heterocycles. The topological polar surface area (TPSA) is 86.8 Å². The number of hydrogen-bond acceptors (Lipinski definition) is 4. The van der Waals surface area contributed by atoms with E-state index in [4.69, 9.17) is 15.2 Å². The van der Waals surface area contributed by atoms with Gasteiger partial charge in [-0.3, -0.25) is 9.59 Å². The Morgan fingerprint density at radius 2 is 1.61 bits per heavy atom. The van der Waals surface area contributed by atoms with Crippen molar-refractivity contribution in [2.75, 3.05) is 14.2 Å². The molecule has 36 heavy (non-hydrogen) atoms. The summed E-state index contributed by atoms with van der Waals surface area (Å²) < 4.78 is 12.9. The van der Waals surface area contributed by atoms with Gasteiger partial charge in [0.15, 0.2) is 11.5 Å². The van der Waals surface area contributed by atoms with Gasteiger partial charge in [0.25, 0.3) is 0 Å². The van der Waals surface area contributed by atoms with Crippen molar-refractivity contribution in [3.05, 3.63) is 95.8 Å². The first-order valence-electron chi connectivity index (χ1n) is 11.9. The molecule has 184 valence electrons. The molecule has 1 aromatic heterocycles. The second-order valence-corrected chi connectivity index (χ2v) is 9.04. The maximum absolute atomic E-state index is 13.9. The van der Waals surface area contributed by atoms with Gasteiger partial charge in [-0.25, -0.2) is 0 Å². The SMILES string of the molecule is COc1cc2c(cc1OC)CN(C(=O)C[C@@H](c1cccc3ccccc13)n1cccc1)[C@H](C(N)=O)C2. The molecule has 4 aromatic rings. The van der Waals surface area contributed by atoms with Crippen molar-refractivity contribution in [1.29, 1.82) is 0 Å². The quantitative estimate of drug-likeness (QED) is 0.429. The van der Waals surface area contributed by atoms with E-state index >= 15 is 0 Å². The predicted molar refractivity (Wildman–Crippen MR) is 138 cm³/mol. The van der Waals surface area contributed by atoms with Crippen molar-refractivity contribution in [2.24, 2.45) is 5.73 Å². The van der Waals surface area contributed by atoms with Crippen LogP contribution in [0.1, 0.15) is 29.2 Å². The summed E-state index contributed by atoms with van der Waals surface area (Å²) in [7, 11) is 3.15. The van der Waals surface area contributed by atoms with E-state index in [1.54, 1.807) is 19.1 Å². The number of amides is 2. The van der Waals surface area contributed by atoms with E-state index in [2.05, 4.69) is 24.3 Å². The van der Waals surface area contributed by atoms with Crippen LogP contribution < -0.4 is 15.2 Å². The van der Waals surface area contributed by atoms with Gasteiger partial charge in [0.05, 0.1) is 26.7 Å². The Balaban J connectivity index is 1.51. The average molecular weight is 484 g/mol. The number of aromatic nitrogens is 1. The van der Waals surface area contributed by atoms with Crippen LogP contribution in [-0.4, -0.2) is 41.5 Å². The first-order valence-corrected chi connectivity index (χ1v) is 11.9. The third-order valence-corrected chi connectivity index (χ3v) is 7.02. The van der Waals surface area contributed by atoms with Crippen molar-refractivity contribution >= 4 is 22.6 Å². The molecular weight excluding hydrogens is 454 g/mol. The fourth-order valence-corrected chi connectivity index (χ4v) is 5.18. The minimum atomic E-state index is -0.735. The highest BCUT2D eigenvalue weighted by atomic mass is 16.5. The molecule has 2 N–H and O–H groups in total. The smallest absolute Gasteiger partial charge is 0.240 e. The molecule has 7 heteroatoms. The number of ether oxygens (including phenoxy) is 2. The lowest BCUT2D eigenvalue weighted by Gasteiger charge is -2.36. The van der Waals surface area contributed by atoms with Gasteiger partial charge in [0.2, 0.25) is 11.8 Å². The Morgan fingerprint density at radius 1 is 0.944 bits per heavy atom. The standard InChI is InChI=1S/C29H29N3O4/c1-35-26-15-20-14-25(29(30)34)32(18-21(20)16-27(26)36-2)28(33)17-24(31-12-5-6-13-31)23-11-7-9-19-8-3-4-10-22(19)23/h3-13,15-16,24-25H,14,17-18H2,1-2H3,(H2,30,34)/t24-,25-/m0/s1. The lowest BCUT2D eigenvalue weighted by molar-refractivity contribution is -0.141. The first kappa shape index (κ1) is 23.5. The van der Waals surface area contributed by atoms with E-state index in [0.717, 1.165) is 27.5 Å². The van der Waals surface area contributed by atoms with Crippen LogP contribution in [0.5, 0.6) is 11.5 Å². The van der Waals surface area contributed by atoms with Crippen LogP contribution in [0, 0.1) is 0 Å². The van der Waals surface area contributed by atoms with Gasteiger partial charge in [0.1, 0.15) is 6.04 Å². The summed E-state index contributed by atoms with van der Waals surface area (Å²) in [6.45, 7) is 0.274. The number of rotatable bonds is 7. The normalized spacial score (nSPS) is 15.8. The largest absolute Gasteiger partial charge is 0.493 e. The Labute approximate surface area is 210 Å². The predicted octanol–water partition coefficient (Wildman–Crippen LogP) is 4.08. The van der Waals surface area contributed by atoms with Gasteiger partial charge >= 0.3 is 0 Å². The van der Waals surface area contributed by atoms with E-state index in [0.29, 0.717) is 17.9 Å². The molecule has 0 bridgehead atoms. The minimum absolute atomic E-state index is 0.133. The molecular formula is C29H29N3O4. The highest BCUT2D eigenvalue weighted by Gasteiger charge is 2.35. The van der Waals surface area contributed by atoms with Crippen LogP contribution in [0.2, 0.25) is 0 Å². The van der Waals surface area contributed by atoms with Crippen LogP contribution in [-0.2, 0) is 22.6 Å². The van der Waals surface area contributed by atoms with Crippen LogP contribution >= 0.6 is 0 Å². The van der Waals surface area contributed by atoms with E-state index in [9.17, 15) is 9.59 Å². The summed E-state index contributed by atoms with van der Waals surface area (Å²) in [6.07, 6.45) is 4.45. The molecule has 5 rings (SSSR count). The van der Waals surface area contributed by atoms with Crippen molar-refractivity contribution in [3.8, 4) is 11.5 Å². The third-order valence-electron chi connectivity index (χ3n) is 7.02. The summed E-state index contributed by atoms with van der Waals surface area (Å²) in [5.41, 5.74) is 8.69. The highest BCUT2D eigenvalue weighted by Crippen LogP contribution is 2.36. The summed E-state index contributed by atoms with van der Waals surface area (Å²) in [4.78, 5) is 28.0. The number of primary amides is 1. The number of carbonyl (C=O) groups is 2. The van der Waals surface area contributed by atoms with Gasteiger partial charge in [-0.05, 0) is 51.7 Å². The molecule has 2 amide bonds. The Kier molecular flexibility index (Phi) is 6.38. The number of hydrogen-bond donors (Lipinski definition) is 1. The van der Waals surface area contributed by atoms with Crippen LogP contribution in [0.4, 0.5) is 0 Å². The lowest BCUT2D eigenvalue weighted by atomic mass is 9.91. The highest BCUT2D eigenvalue weighted by molar-refractivity contribution is 5.89. The van der Waals surface area contributed by atoms with Gasteiger partial charge in [-0.1, -0.05) is 42.5 Å². The molecule has 0 unspecified atom stereocenters. The van der Waals surface area contributed by atoms with Gasteiger partial charge in [-0.2, -0.15) is 0 Å². The van der Waals surface area contributed by atoms with Gasteiger partial charge in [0, 0.05) is 25.4 Å². The van der Waals surface area contributed by atoms with Crippen LogP contribution in [0.15, 0.2) is 79.1 Å². The van der Waals surface area contributed by atoms with Crippen molar-refractivity contribution in [3.63, 3.8) is 0 Å². The zero-order valence-corrected chi connectivity index (χ0v) is 20.4. The molecule has 0 saturated heterocycles. The maximum Gasteiger partial charge on any atom is 0.240 e. The fraction of sp³-hybridized carbons (Fsp3) is 0.241. The molecule has 0 fully saturated rings. The maximum atomic E-state index is 13.9. The van der Waals surface area contributed by atoms with Crippen LogP contribution in [0.3, 0.4) is 0 Å². The molecule has 2 heterocycles. The number of benzene rings is 3. The lowest BCUT2D eigenvalue weighted by Crippen LogP contribution is -2.51. The molecule has 2 atom stereocenters. The Bertz CT molecular complexity index is 1410. The third kappa shape index (κ3) is 4.28. The second kappa shape index (κ2) is 9.77. The number of nitrogens with two attached hydrogens (primary N) is 1. The fourth-order valence-electron chi connectivity index (χ4n) is 5.18. The number of methoxy groups -OCH3 is 2. The zero-order chi connectivity index (χ0) is 25.2. The number of carbonyl (C=O) groups excluding carboxylic acids is 2. The van der Waals surface area contributed by atoms with E-state index in [1.165, 1.54) is 0 Å². The average Bonchev–Trinajstić information content (AvgIpc) is 3.44. The molecule has 0 radical (unpaired) electrons. The summed E-state index contributed by atoms with van der Waals surface area (Å²) in [5, 5.41) is 2.21. The molecule has 1 aliphatic rings. The zero-order valence-electron chi connectivity index (χ0n) is 20.4. The summed E-state index contributed by atoms with van der Waals surface area (Å²) >= 11 is 0. The molecule has 0 aliphatic carbocycles. The number of fused-ring (bicyclic) bond motifs is 2. The summed E-state index contributed by atoms with van der Waals surface area (Å²) in [6, 6.07) is 21.0. The second-order valence-electron chi connectivity index (χ2n) is 9.04. The Hall–Kier alpha value is -4.26. The van der Waals surface area contributed by atoms with Gasteiger partial charge < -0.3 is 24.7 Å². The molecule has 3 aromatic carbocycles. The summed E-state index contributed by atoms with van der Waals surface area (Å²) in [5.74, 6) is 0.516. The van der Waals surface area contributed by atoms with Crippen molar-refractivity contribution < 1.29 is 19.1 Å². The molecule has 0 spiro atoms. The first-order chi connectivity index (χ1) is 17.5. The van der Waals surface area contributed by atoms with E-state index in [-0.39, 0.29) is 24.9 Å². The molecule has 0 saturated carbocycles. The Morgan fingerprint density at radius 3 is 2.31 bits per heavy atom. The van der Waals surface area contributed by atoms with Gasteiger partial charge in [-0.15, -0.1) is 0 Å². The van der Waals surface area contributed by atoms with E-state index in [1.807, 2.05) is 59.4 Å².